The first-order chi connectivity index (χ1) is 15.8. The number of amides is 1. The molecule has 2 N–H and O–H groups in total. The van der Waals surface area contributed by atoms with E-state index in [-0.39, 0.29) is 35.5 Å². The Balaban J connectivity index is 1.43. The molecule has 0 atom stereocenters. The van der Waals surface area contributed by atoms with Crippen LogP contribution in [0.3, 0.4) is 0 Å². The van der Waals surface area contributed by atoms with Crippen molar-refractivity contribution in [2.75, 3.05) is 13.7 Å². The van der Waals surface area contributed by atoms with Gasteiger partial charge in [0.05, 0.1) is 17.6 Å². The molecule has 1 aliphatic carbocycles. The molecule has 9 heteroatoms. The maximum Gasteiger partial charge on any atom is 0.240 e. The van der Waals surface area contributed by atoms with Gasteiger partial charge in [-0.2, -0.15) is 0 Å². The van der Waals surface area contributed by atoms with Crippen molar-refractivity contribution in [1.82, 2.24) is 10.0 Å². The molecule has 0 bridgehead atoms. The minimum atomic E-state index is -3.51. The monoisotopic (exact) mass is 492 g/mol. The molecule has 178 valence electrons. The fourth-order valence-electron chi connectivity index (χ4n) is 3.86. The Morgan fingerprint density at radius 3 is 2.42 bits per heavy atom. The lowest BCUT2D eigenvalue weighted by molar-refractivity contribution is -0.121. The zero-order valence-corrected chi connectivity index (χ0v) is 20.2. The third-order valence-corrected chi connectivity index (χ3v) is 7.46. The van der Waals surface area contributed by atoms with Crippen molar-refractivity contribution in [2.45, 2.75) is 55.9 Å². The van der Waals surface area contributed by atoms with Gasteiger partial charge in [-0.3, -0.25) is 9.59 Å². The number of halogens is 1. The maximum atomic E-state index is 12.5. The van der Waals surface area contributed by atoms with Gasteiger partial charge < -0.3 is 10.1 Å². The summed E-state index contributed by atoms with van der Waals surface area (Å²) in [5.41, 5.74) is 1.27. The number of methoxy groups -OCH3 is 1. The largest absolute Gasteiger partial charge is 0.496 e. The quantitative estimate of drug-likeness (QED) is 0.463. The van der Waals surface area contributed by atoms with Gasteiger partial charge in [0.25, 0.3) is 0 Å². The highest BCUT2D eigenvalue weighted by molar-refractivity contribution is 7.89. The van der Waals surface area contributed by atoms with Gasteiger partial charge in [-0.15, -0.1) is 0 Å². The van der Waals surface area contributed by atoms with Crippen molar-refractivity contribution in [3.05, 3.63) is 58.6 Å². The van der Waals surface area contributed by atoms with Crippen LogP contribution in [-0.4, -0.2) is 39.8 Å². The minimum absolute atomic E-state index is 0.0248. The second-order valence-electron chi connectivity index (χ2n) is 8.11. The van der Waals surface area contributed by atoms with Crippen LogP contribution in [0.5, 0.6) is 5.75 Å². The Bertz CT molecular complexity index is 1080. The number of ketones is 1. The summed E-state index contributed by atoms with van der Waals surface area (Å²) in [6.07, 6.45) is 4.53. The Labute approximate surface area is 199 Å². The van der Waals surface area contributed by atoms with Gasteiger partial charge in [0, 0.05) is 30.5 Å². The zero-order chi connectivity index (χ0) is 23.8. The summed E-state index contributed by atoms with van der Waals surface area (Å²) in [7, 11) is -2.04. The van der Waals surface area contributed by atoms with E-state index in [2.05, 4.69) is 10.0 Å². The van der Waals surface area contributed by atoms with Crippen molar-refractivity contribution in [2.24, 2.45) is 0 Å². The predicted octanol–water partition coefficient (Wildman–Crippen LogP) is 3.89. The Hall–Kier alpha value is -2.42. The minimum Gasteiger partial charge on any atom is -0.496 e. The lowest BCUT2D eigenvalue weighted by Crippen LogP contribution is -2.32. The van der Waals surface area contributed by atoms with Crippen molar-refractivity contribution in [3.8, 4) is 5.75 Å². The standard InChI is InChI=1S/C24H29ClN2O5S/c1-32-23-12-8-18(25)16-21(23)22(28)11-13-24(29)26-15-14-17-6-9-20(10-7-17)33(30,31)27-19-4-2-3-5-19/h6-10,12,16,19,27H,2-5,11,13-15H2,1H3,(H,26,29). The van der Waals surface area contributed by atoms with E-state index < -0.39 is 10.0 Å². The Morgan fingerprint density at radius 1 is 1.06 bits per heavy atom. The number of nitrogens with one attached hydrogen (secondary N) is 2. The van der Waals surface area contributed by atoms with Crippen LogP contribution in [0.2, 0.25) is 5.02 Å². The number of carbonyl (C=O) groups is 2. The van der Waals surface area contributed by atoms with E-state index >= 15 is 0 Å². The molecule has 0 spiro atoms. The van der Waals surface area contributed by atoms with Crippen LogP contribution in [-0.2, 0) is 21.2 Å². The van der Waals surface area contributed by atoms with E-state index in [0.717, 1.165) is 31.2 Å². The zero-order valence-electron chi connectivity index (χ0n) is 18.6. The first-order valence-corrected chi connectivity index (χ1v) is 12.9. The molecule has 2 aromatic rings. The van der Waals surface area contributed by atoms with E-state index in [1.54, 1.807) is 36.4 Å². The van der Waals surface area contributed by atoms with Crippen molar-refractivity contribution in [1.29, 1.82) is 0 Å². The lowest BCUT2D eigenvalue weighted by Gasteiger charge is -2.13. The molecule has 1 amide bonds. The number of benzene rings is 2. The van der Waals surface area contributed by atoms with Crippen LogP contribution in [0.15, 0.2) is 47.4 Å². The summed E-state index contributed by atoms with van der Waals surface area (Å²) >= 11 is 5.96. The van der Waals surface area contributed by atoms with Crippen molar-refractivity contribution >= 4 is 33.3 Å². The van der Waals surface area contributed by atoms with Crippen LogP contribution in [0.1, 0.15) is 54.4 Å². The number of Topliss-reactive ketones (excluding diaryl/α,β-unsaturated/α-hetero) is 1. The third-order valence-electron chi connectivity index (χ3n) is 5.69. The molecule has 33 heavy (non-hydrogen) atoms. The normalized spacial score (nSPS) is 14.2. The van der Waals surface area contributed by atoms with Gasteiger partial charge >= 0.3 is 0 Å². The summed E-state index contributed by atoms with van der Waals surface area (Å²) in [6, 6.07) is 11.5. The van der Waals surface area contributed by atoms with E-state index in [4.69, 9.17) is 16.3 Å². The summed E-state index contributed by atoms with van der Waals surface area (Å²) in [5.74, 6) is -0.0227. The second kappa shape index (κ2) is 11.6. The summed E-state index contributed by atoms with van der Waals surface area (Å²) in [5, 5.41) is 3.22. The molecular weight excluding hydrogens is 464 g/mol. The van der Waals surface area contributed by atoms with Gasteiger partial charge in [-0.25, -0.2) is 13.1 Å². The first-order valence-electron chi connectivity index (χ1n) is 11.0. The predicted molar refractivity (Wildman–Crippen MR) is 127 cm³/mol. The van der Waals surface area contributed by atoms with E-state index in [1.807, 2.05) is 0 Å². The molecule has 2 aromatic carbocycles. The summed E-state index contributed by atoms with van der Waals surface area (Å²) in [6.45, 7) is 0.389. The Kier molecular flexibility index (Phi) is 8.88. The smallest absolute Gasteiger partial charge is 0.240 e. The van der Waals surface area contributed by atoms with Gasteiger partial charge in [-0.05, 0) is 55.2 Å². The number of hydrogen-bond donors (Lipinski definition) is 2. The molecule has 1 fully saturated rings. The molecular formula is C24H29ClN2O5S. The number of rotatable bonds is 11. The molecule has 0 aromatic heterocycles. The average Bonchev–Trinajstić information content (AvgIpc) is 3.30. The average molecular weight is 493 g/mol. The van der Waals surface area contributed by atoms with E-state index in [9.17, 15) is 18.0 Å². The molecule has 0 aliphatic heterocycles. The molecule has 0 heterocycles. The van der Waals surface area contributed by atoms with Gasteiger partial charge in [-0.1, -0.05) is 36.6 Å². The summed E-state index contributed by atoms with van der Waals surface area (Å²) in [4.78, 5) is 24.8. The lowest BCUT2D eigenvalue weighted by atomic mass is 10.1. The second-order valence-corrected chi connectivity index (χ2v) is 10.3. The number of hydrogen-bond acceptors (Lipinski definition) is 5. The molecule has 0 radical (unpaired) electrons. The van der Waals surface area contributed by atoms with Gasteiger partial charge in [0.1, 0.15) is 5.75 Å². The van der Waals surface area contributed by atoms with Gasteiger partial charge in [0.2, 0.25) is 15.9 Å². The first kappa shape index (κ1) is 25.2. The number of ether oxygens (including phenoxy) is 1. The maximum absolute atomic E-state index is 12.5. The molecule has 0 unspecified atom stereocenters. The van der Waals surface area contributed by atoms with Crippen LogP contribution >= 0.6 is 11.6 Å². The third kappa shape index (κ3) is 7.28. The van der Waals surface area contributed by atoms with E-state index in [1.165, 1.54) is 13.2 Å². The number of sulfonamides is 1. The van der Waals surface area contributed by atoms with E-state index in [0.29, 0.717) is 29.3 Å². The van der Waals surface area contributed by atoms with Crippen molar-refractivity contribution in [3.63, 3.8) is 0 Å². The summed E-state index contributed by atoms with van der Waals surface area (Å²) < 4.78 is 32.9. The molecule has 1 aliphatic rings. The fraction of sp³-hybridized carbons (Fsp3) is 0.417. The molecule has 1 saturated carbocycles. The highest BCUT2D eigenvalue weighted by Crippen LogP contribution is 2.24. The SMILES string of the molecule is COc1ccc(Cl)cc1C(=O)CCC(=O)NCCc1ccc(S(=O)(=O)NC2CCCC2)cc1. The molecule has 0 saturated heterocycles. The highest BCUT2D eigenvalue weighted by Gasteiger charge is 2.22. The Morgan fingerprint density at radius 2 is 1.76 bits per heavy atom. The highest BCUT2D eigenvalue weighted by atomic mass is 35.5. The van der Waals surface area contributed by atoms with Gasteiger partial charge in [0.15, 0.2) is 5.78 Å². The van der Waals surface area contributed by atoms with Crippen LogP contribution in [0.25, 0.3) is 0 Å². The fourth-order valence-corrected chi connectivity index (χ4v) is 5.34. The molecule has 3 rings (SSSR count). The van der Waals surface area contributed by atoms with Crippen LogP contribution < -0.4 is 14.8 Å². The van der Waals surface area contributed by atoms with Crippen molar-refractivity contribution < 1.29 is 22.7 Å². The number of carbonyl (C=O) groups excluding carboxylic acids is 2. The molecule has 7 nitrogen and oxygen atoms in total. The van der Waals surface area contributed by atoms with Crippen LogP contribution in [0, 0.1) is 0 Å². The van der Waals surface area contributed by atoms with Crippen LogP contribution in [0.4, 0.5) is 0 Å². The topological polar surface area (TPSA) is 102 Å².